The van der Waals surface area contributed by atoms with Crippen LogP contribution in [0.4, 0.5) is 11.5 Å². The molecule has 0 bridgehead atoms. The number of cyclic esters (lactones) is 1. The van der Waals surface area contributed by atoms with Crippen molar-refractivity contribution in [2.75, 3.05) is 5.32 Å². The van der Waals surface area contributed by atoms with Crippen LogP contribution >= 0.6 is 0 Å². The Morgan fingerprint density at radius 2 is 2.04 bits per heavy atom. The molecular weight excluding hydrogens is 318 g/mol. The van der Waals surface area contributed by atoms with Crippen LogP contribution in [0.3, 0.4) is 0 Å². The molecule has 7 nitrogen and oxygen atoms in total. The lowest BCUT2D eigenvalue weighted by Crippen LogP contribution is -2.05. The summed E-state index contributed by atoms with van der Waals surface area (Å²) in [5.74, 6) is 1.02. The number of carbonyl (C=O) groups is 1. The Hall–Kier alpha value is -3.22. The maximum absolute atomic E-state index is 11.9. The van der Waals surface area contributed by atoms with E-state index >= 15 is 0 Å². The topological polar surface area (TPSA) is 81.9 Å². The first kappa shape index (κ1) is 15.3. The van der Waals surface area contributed by atoms with Gasteiger partial charge in [-0.3, -0.25) is 0 Å². The van der Waals surface area contributed by atoms with Crippen molar-refractivity contribution in [1.82, 2.24) is 19.7 Å². The smallest absolute Gasteiger partial charge is 0.341 e. The second-order valence-corrected chi connectivity index (χ2v) is 6.10. The summed E-state index contributed by atoms with van der Waals surface area (Å²) < 4.78 is 7.07. The third-order valence-corrected chi connectivity index (χ3v) is 4.08. The number of fused-ring (bicyclic) bond motifs is 1. The second kappa shape index (κ2) is 6.01. The van der Waals surface area contributed by atoms with Crippen LogP contribution in [-0.4, -0.2) is 25.7 Å². The van der Waals surface area contributed by atoms with Crippen molar-refractivity contribution in [2.45, 2.75) is 26.5 Å². The molecule has 126 valence electrons. The first-order valence-electron chi connectivity index (χ1n) is 8.06. The number of ether oxygens (including phenoxy) is 1. The summed E-state index contributed by atoms with van der Waals surface area (Å²) in [6.07, 6.45) is 1.70. The van der Waals surface area contributed by atoms with E-state index < -0.39 is 0 Å². The fourth-order valence-corrected chi connectivity index (χ4v) is 2.85. The van der Waals surface area contributed by atoms with Gasteiger partial charge in [-0.05, 0) is 32.0 Å². The fourth-order valence-electron chi connectivity index (χ4n) is 2.85. The number of benzene rings is 1. The summed E-state index contributed by atoms with van der Waals surface area (Å²) in [5.41, 5.74) is 2.85. The maximum Gasteiger partial charge on any atom is 0.341 e. The molecule has 0 spiro atoms. The van der Waals surface area contributed by atoms with Gasteiger partial charge in [0.25, 0.3) is 0 Å². The second-order valence-electron chi connectivity index (χ2n) is 6.10. The van der Waals surface area contributed by atoms with Gasteiger partial charge in [-0.2, -0.15) is 0 Å². The highest BCUT2D eigenvalue weighted by Gasteiger charge is 2.24. The number of rotatable bonds is 4. The van der Waals surface area contributed by atoms with Crippen molar-refractivity contribution in [3.63, 3.8) is 0 Å². The van der Waals surface area contributed by atoms with Crippen LogP contribution < -0.4 is 5.32 Å². The third-order valence-electron chi connectivity index (χ3n) is 4.08. The Bertz CT molecular complexity index is 948. The van der Waals surface area contributed by atoms with E-state index in [4.69, 9.17) is 4.74 Å². The molecule has 1 N–H and O–H groups in total. The van der Waals surface area contributed by atoms with Crippen molar-refractivity contribution in [2.24, 2.45) is 0 Å². The zero-order valence-corrected chi connectivity index (χ0v) is 13.9. The molecule has 1 aliphatic heterocycles. The average molecular weight is 335 g/mol. The molecule has 4 rings (SSSR count). The van der Waals surface area contributed by atoms with Crippen LogP contribution in [0.1, 0.15) is 35.8 Å². The van der Waals surface area contributed by atoms with E-state index in [1.807, 2.05) is 41.0 Å². The fraction of sp³-hybridized carbons (Fsp3) is 0.222. The summed E-state index contributed by atoms with van der Waals surface area (Å²) in [4.78, 5) is 16.6. The van der Waals surface area contributed by atoms with Gasteiger partial charge in [0, 0.05) is 11.6 Å². The molecule has 0 unspecified atom stereocenters. The van der Waals surface area contributed by atoms with Crippen molar-refractivity contribution in [3.05, 3.63) is 53.9 Å². The lowest BCUT2D eigenvalue weighted by molar-refractivity contribution is 0.0536. The molecule has 1 aliphatic rings. The predicted molar refractivity (Wildman–Crippen MR) is 92.5 cm³/mol. The van der Waals surface area contributed by atoms with Gasteiger partial charge in [-0.25, -0.2) is 9.78 Å². The Kier molecular flexibility index (Phi) is 3.68. The molecule has 7 heteroatoms. The number of pyridine rings is 1. The molecule has 2 aromatic heterocycles. The molecule has 1 aromatic carbocycles. The van der Waals surface area contributed by atoms with Crippen LogP contribution in [0.15, 0.2) is 42.7 Å². The number of nitrogens with zero attached hydrogens (tertiary/aromatic N) is 4. The van der Waals surface area contributed by atoms with Crippen LogP contribution in [0.5, 0.6) is 0 Å². The van der Waals surface area contributed by atoms with E-state index in [-0.39, 0.29) is 12.0 Å². The number of aromatic nitrogens is 4. The zero-order chi connectivity index (χ0) is 17.4. The van der Waals surface area contributed by atoms with Crippen LogP contribution in [-0.2, 0) is 11.3 Å². The highest BCUT2D eigenvalue weighted by atomic mass is 16.5. The maximum atomic E-state index is 11.9. The molecule has 0 aliphatic carbocycles. The van der Waals surface area contributed by atoms with Crippen LogP contribution in [0.25, 0.3) is 11.5 Å². The highest BCUT2D eigenvalue weighted by Crippen LogP contribution is 2.29. The SMILES string of the molecule is CC(C)n1cnnc1-c1cccc(Nc2cccc3c2C(=O)OC3)n1. The minimum absolute atomic E-state index is 0.232. The molecule has 0 amide bonds. The summed E-state index contributed by atoms with van der Waals surface area (Å²) >= 11 is 0. The third kappa shape index (κ3) is 2.73. The van der Waals surface area contributed by atoms with Crippen molar-refractivity contribution in [3.8, 4) is 11.5 Å². The monoisotopic (exact) mass is 335 g/mol. The van der Waals surface area contributed by atoms with Gasteiger partial charge in [-0.15, -0.1) is 10.2 Å². The zero-order valence-electron chi connectivity index (χ0n) is 13.9. The van der Waals surface area contributed by atoms with Gasteiger partial charge in [0.05, 0.1) is 11.3 Å². The summed E-state index contributed by atoms with van der Waals surface area (Å²) in [5, 5.41) is 11.4. The predicted octanol–water partition coefficient (Wildman–Crippen LogP) is 3.34. The van der Waals surface area contributed by atoms with Gasteiger partial charge in [0.1, 0.15) is 24.4 Å². The minimum Gasteiger partial charge on any atom is -0.457 e. The minimum atomic E-state index is -0.311. The summed E-state index contributed by atoms with van der Waals surface area (Å²) in [6, 6.07) is 11.5. The quantitative estimate of drug-likeness (QED) is 0.737. The average Bonchev–Trinajstić information content (AvgIpc) is 3.23. The number of hydrogen-bond acceptors (Lipinski definition) is 6. The van der Waals surface area contributed by atoms with Gasteiger partial charge < -0.3 is 14.6 Å². The van der Waals surface area contributed by atoms with E-state index in [0.717, 1.165) is 5.56 Å². The molecule has 0 atom stereocenters. The first-order valence-corrected chi connectivity index (χ1v) is 8.06. The number of anilines is 2. The lowest BCUT2D eigenvalue weighted by atomic mass is 10.1. The van der Waals surface area contributed by atoms with Crippen molar-refractivity contribution < 1.29 is 9.53 Å². The number of nitrogens with one attached hydrogen (secondary N) is 1. The van der Waals surface area contributed by atoms with Crippen LogP contribution in [0.2, 0.25) is 0 Å². The van der Waals surface area contributed by atoms with E-state index in [2.05, 4.69) is 34.3 Å². The van der Waals surface area contributed by atoms with E-state index in [0.29, 0.717) is 35.2 Å². The molecular formula is C18H17N5O2. The van der Waals surface area contributed by atoms with E-state index in [1.165, 1.54) is 0 Å². The first-order chi connectivity index (χ1) is 12.1. The van der Waals surface area contributed by atoms with Gasteiger partial charge in [0.2, 0.25) is 0 Å². The normalized spacial score (nSPS) is 13.0. The highest BCUT2D eigenvalue weighted by molar-refractivity contribution is 5.99. The van der Waals surface area contributed by atoms with Gasteiger partial charge in [-0.1, -0.05) is 18.2 Å². The van der Waals surface area contributed by atoms with Crippen molar-refractivity contribution >= 4 is 17.5 Å². The Labute approximate surface area is 144 Å². The Morgan fingerprint density at radius 3 is 2.88 bits per heavy atom. The molecule has 0 saturated heterocycles. The molecule has 25 heavy (non-hydrogen) atoms. The number of carbonyl (C=O) groups excluding carboxylic acids is 1. The number of hydrogen-bond donors (Lipinski definition) is 1. The van der Waals surface area contributed by atoms with Crippen LogP contribution in [0, 0.1) is 0 Å². The molecule has 0 radical (unpaired) electrons. The molecule has 3 aromatic rings. The van der Waals surface area contributed by atoms with Gasteiger partial charge in [0.15, 0.2) is 5.82 Å². The van der Waals surface area contributed by atoms with Gasteiger partial charge >= 0.3 is 5.97 Å². The standard InChI is InChI=1S/C18H17N5O2/c1-11(2)23-10-19-22-17(23)14-7-4-8-15(21-14)20-13-6-3-5-12-9-25-18(24)16(12)13/h3-8,10-11H,9H2,1-2H3,(H,20,21). The number of esters is 1. The Balaban J connectivity index is 1.69. The Morgan fingerprint density at radius 1 is 1.20 bits per heavy atom. The molecule has 3 heterocycles. The summed E-state index contributed by atoms with van der Waals surface area (Å²) in [7, 11) is 0. The summed E-state index contributed by atoms with van der Waals surface area (Å²) in [6.45, 7) is 4.44. The largest absolute Gasteiger partial charge is 0.457 e. The lowest BCUT2D eigenvalue weighted by Gasteiger charge is -2.12. The van der Waals surface area contributed by atoms with E-state index in [9.17, 15) is 4.79 Å². The molecule has 0 saturated carbocycles. The van der Waals surface area contributed by atoms with Crippen molar-refractivity contribution in [1.29, 1.82) is 0 Å². The van der Waals surface area contributed by atoms with E-state index in [1.54, 1.807) is 6.33 Å². The molecule has 0 fully saturated rings.